The van der Waals surface area contributed by atoms with Crippen LogP contribution in [0.25, 0.3) is 0 Å². The monoisotopic (exact) mass is 240 g/mol. The van der Waals surface area contributed by atoms with Gasteiger partial charge in [-0.2, -0.15) is 5.26 Å². The van der Waals surface area contributed by atoms with Crippen molar-refractivity contribution in [1.82, 2.24) is 0 Å². The molecule has 1 aromatic carbocycles. The summed E-state index contributed by atoms with van der Waals surface area (Å²) in [5, 5.41) is 8.85. The molecule has 0 bridgehead atoms. The number of anilines is 2. The van der Waals surface area contributed by atoms with Gasteiger partial charge < -0.3 is 9.32 Å². The van der Waals surface area contributed by atoms with Gasteiger partial charge in [-0.1, -0.05) is 6.07 Å². The van der Waals surface area contributed by atoms with E-state index >= 15 is 0 Å². The number of nitrogens with zero attached hydrogens (tertiary/aromatic N) is 2. The van der Waals surface area contributed by atoms with Crippen molar-refractivity contribution in [3.63, 3.8) is 0 Å². The molecule has 4 heteroatoms. The number of hydrogen-bond acceptors (Lipinski definition) is 4. The number of Topliss-reactive ketones (excluding diaryl/α,β-unsaturated/α-hetero) is 1. The smallest absolute Gasteiger partial charge is 0.200 e. The molecule has 0 radical (unpaired) electrons. The second-order valence-corrected chi connectivity index (χ2v) is 3.92. The minimum absolute atomic E-state index is 0.111. The zero-order valence-electron chi connectivity index (χ0n) is 10.2. The first kappa shape index (κ1) is 11.9. The fourth-order valence-electron chi connectivity index (χ4n) is 1.61. The van der Waals surface area contributed by atoms with E-state index in [0.717, 1.165) is 5.69 Å². The molecule has 0 unspecified atom stereocenters. The predicted molar refractivity (Wildman–Crippen MR) is 67.9 cm³/mol. The van der Waals surface area contributed by atoms with Gasteiger partial charge in [-0.05, 0) is 24.3 Å². The molecule has 2 aromatic rings. The maximum absolute atomic E-state index is 11.2. The van der Waals surface area contributed by atoms with Crippen molar-refractivity contribution in [2.24, 2.45) is 0 Å². The van der Waals surface area contributed by atoms with Gasteiger partial charge in [0.05, 0.1) is 11.6 Å². The molecule has 1 aromatic heterocycles. The largest absolute Gasteiger partial charge is 0.437 e. The van der Waals surface area contributed by atoms with Crippen molar-refractivity contribution in [3.05, 3.63) is 47.7 Å². The molecule has 4 nitrogen and oxygen atoms in total. The Morgan fingerprint density at radius 2 is 2.11 bits per heavy atom. The summed E-state index contributed by atoms with van der Waals surface area (Å²) in [7, 11) is 1.82. The second kappa shape index (κ2) is 4.76. The standard InChI is InChI=1S/C14H12N2O2/c1-10(17)13-6-7-14(18-13)16(2)12-5-3-4-11(8-12)9-15/h3-8H,1-2H3. The molecule has 0 atom stereocenters. The normalized spacial score (nSPS) is 9.83. The highest BCUT2D eigenvalue weighted by atomic mass is 16.4. The van der Waals surface area contributed by atoms with Crippen LogP contribution in [0.4, 0.5) is 11.6 Å². The molecule has 0 saturated heterocycles. The van der Waals surface area contributed by atoms with Crippen LogP contribution in [0.2, 0.25) is 0 Å². The Kier molecular flexibility index (Phi) is 3.16. The van der Waals surface area contributed by atoms with Crippen LogP contribution in [0.15, 0.2) is 40.8 Å². The zero-order valence-corrected chi connectivity index (χ0v) is 10.2. The maximum Gasteiger partial charge on any atom is 0.200 e. The fraction of sp³-hybridized carbons (Fsp3) is 0.143. The fourth-order valence-corrected chi connectivity index (χ4v) is 1.61. The molecule has 2 rings (SSSR count). The van der Waals surface area contributed by atoms with Gasteiger partial charge in [0, 0.05) is 25.7 Å². The lowest BCUT2D eigenvalue weighted by atomic mass is 10.2. The van der Waals surface area contributed by atoms with Gasteiger partial charge in [0.2, 0.25) is 0 Å². The lowest BCUT2D eigenvalue weighted by Crippen LogP contribution is -2.08. The highest BCUT2D eigenvalue weighted by Crippen LogP contribution is 2.26. The number of hydrogen-bond donors (Lipinski definition) is 0. The van der Waals surface area contributed by atoms with E-state index in [1.54, 1.807) is 35.2 Å². The van der Waals surface area contributed by atoms with Crippen LogP contribution >= 0.6 is 0 Å². The van der Waals surface area contributed by atoms with Crippen molar-refractivity contribution in [2.75, 3.05) is 11.9 Å². The van der Waals surface area contributed by atoms with E-state index in [4.69, 9.17) is 9.68 Å². The Labute approximate surface area is 105 Å². The number of ketones is 1. The minimum atomic E-state index is -0.111. The van der Waals surface area contributed by atoms with Gasteiger partial charge in [0.25, 0.3) is 0 Å². The van der Waals surface area contributed by atoms with Crippen molar-refractivity contribution in [1.29, 1.82) is 5.26 Å². The molecule has 0 saturated carbocycles. The highest BCUT2D eigenvalue weighted by Gasteiger charge is 2.11. The molecule has 0 aliphatic heterocycles. The van der Waals surface area contributed by atoms with Gasteiger partial charge in [0.15, 0.2) is 17.4 Å². The minimum Gasteiger partial charge on any atom is -0.437 e. The second-order valence-electron chi connectivity index (χ2n) is 3.92. The van der Waals surface area contributed by atoms with Crippen molar-refractivity contribution < 1.29 is 9.21 Å². The lowest BCUT2D eigenvalue weighted by molar-refractivity contribution is 0.0988. The van der Waals surface area contributed by atoms with Gasteiger partial charge in [-0.3, -0.25) is 4.79 Å². The summed E-state index contributed by atoms with van der Waals surface area (Å²) in [5.74, 6) is 0.781. The first-order valence-corrected chi connectivity index (χ1v) is 5.46. The topological polar surface area (TPSA) is 57.2 Å². The summed E-state index contributed by atoms with van der Waals surface area (Å²) >= 11 is 0. The van der Waals surface area contributed by atoms with Gasteiger partial charge in [0.1, 0.15) is 0 Å². The van der Waals surface area contributed by atoms with E-state index in [1.807, 2.05) is 13.1 Å². The number of carbonyl (C=O) groups excluding carboxylic acids is 1. The molecular formula is C14H12N2O2. The quantitative estimate of drug-likeness (QED) is 0.773. The highest BCUT2D eigenvalue weighted by molar-refractivity contribution is 5.91. The third kappa shape index (κ3) is 2.25. The number of rotatable bonds is 3. The maximum atomic E-state index is 11.2. The van der Waals surface area contributed by atoms with Crippen molar-refractivity contribution in [3.8, 4) is 6.07 Å². The van der Waals surface area contributed by atoms with E-state index in [0.29, 0.717) is 17.2 Å². The van der Waals surface area contributed by atoms with Crippen LogP contribution in [0.1, 0.15) is 23.0 Å². The predicted octanol–water partition coefficient (Wildman–Crippen LogP) is 3.12. The molecule has 0 aliphatic rings. The third-order valence-corrected chi connectivity index (χ3v) is 2.63. The van der Waals surface area contributed by atoms with E-state index in [9.17, 15) is 4.79 Å². The van der Waals surface area contributed by atoms with Crippen LogP contribution in [-0.2, 0) is 0 Å². The third-order valence-electron chi connectivity index (χ3n) is 2.63. The average Bonchev–Trinajstić information content (AvgIpc) is 2.87. The van der Waals surface area contributed by atoms with Crippen molar-refractivity contribution >= 4 is 17.4 Å². The van der Waals surface area contributed by atoms with Crippen LogP contribution in [0.3, 0.4) is 0 Å². The summed E-state index contributed by atoms with van der Waals surface area (Å²) in [6, 6.07) is 12.6. The Morgan fingerprint density at radius 3 is 2.72 bits per heavy atom. The summed E-state index contributed by atoms with van der Waals surface area (Å²) in [5.41, 5.74) is 1.41. The van der Waals surface area contributed by atoms with Gasteiger partial charge in [-0.15, -0.1) is 0 Å². The van der Waals surface area contributed by atoms with Gasteiger partial charge >= 0.3 is 0 Å². The molecular weight excluding hydrogens is 228 g/mol. The van der Waals surface area contributed by atoms with E-state index in [1.165, 1.54) is 6.92 Å². The lowest BCUT2D eigenvalue weighted by Gasteiger charge is -2.15. The number of nitriles is 1. The Bertz CT molecular complexity index is 623. The summed E-state index contributed by atoms with van der Waals surface area (Å²) < 4.78 is 5.43. The molecule has 1 heterocycles. The Hall–Kier alpha value is -2.54. The van der Waals surface area contributed by atoms with Crippen LogP contribution in [-0.4, -0.2) is 12.8 Å². The molecule has 0 N–H and O–H groups in total. The Morgan fingerprint density at radius 1 is 1.33 bits per heavy atom. The Balaban J connectivity index is 2.32. The van der Waals surface area contributed by atoms with E-state index in [2.05, 4.69) is 6.07 Å². The van der Waals surface area contributed by atoms with Crippen molar-refractivity contribution in [2.45, 2.75) is 6.92 Å². The first-order valence-electron chi connectivity index (χ1n) is 5.46. The van der Waals surface area contributed by atoms with Crippen LogP contribution in [0.5, 0.6) is 0 Å². The van der Waals surface area contributed by atoms with Gasteiger partial charge in [-0.25, -0.2) is 0 Å². The summed E-state index contributed by atoms with van der Waals surface area (Å²) in [6.07, 6.45) is 0. The van der Waals surface area contributed by atoms with E-state index < -0.39 is 0 Å². The molecule has 0 amide bonds. The SMILES string of the molecule is CC(=O)c1ccc(N(C)c2cccc(C#N)c2)o1. The number of carbonyl (C=O) groups is 1. The molecule has 0 aliphatic carbocycles. The zero-order chi connectivity index (χ0) is 13.1. The first-order chi connectivity index (χ1) is 8.61. The molecule has 90 valence electrons. The average molecular weight is 240 g/mol. The summed E-state index contributed by atoms with van der Waals surface area (Å²) in [6.45, 7) is 1.46. The van der Waals surface area contributed by atoms with E-state index in [-0.39, 0.29) is 5.78 Å². The number of benzene rings is 1. The molecule has 0 fully saturated rings. The van der Waals surface area contributed by atoms with Crippen LogP contribution in [0, 0.1) is 11.3 Å². The summed E-state index contributed by atoms with van der Waals surface area (Å²) in [4.78, 5) is 12.9. The molecule has 0 spiro atoms. The molecule has 18 heavy (non-hydrogen) atoms. The number of furan rings is 1. The van der Waals surface area contributed by atoms with Crippen LogP contribution < -0.4 is 4.90 Å².